The molecular weight excluding hydrogens is 471 g/mol. The summed E-state index contributed by atoms with van der Waals surface area (Å²) in [5, 5.41) is 14.0. The number of pyridine rings is 1. The van der Waals surface area contributed by atoms with Crippen LogP contribution in [-0.2, 0) is 23.3 Å². The molecule has 3 heterocycles. The third kappa shape index (κ3) is 5.16. The normalized spacial score (nSPS) is 21.9. The summed E-state index contributed by atoms with van der Waals surface area (Å²) in [5.74, 6) is -0.691. The van der Waals surface area contributed by atoms with Crippen LogP contribution in [0.2, 0.25) is 0 Å². The zero-order chi connectivity index (χ0) is 26.0. The second kappa shape index (κ2) is 10.2. The average molecular weight is 501 g/mol. The van der Waals surface area contributed by atoms with Crippen LogP contribution in [0.5, 0.6) is 0 Å². The minimum absolute atomic E-state index is 0.00632. The minimum Gasteiger partial charge on any atom is -0.365 e. The van der Waals surface area contributed by atoms with Gasteiger partial charge in [0.15, 0.2) is 0 Å². The Bertz CT molecular complexity index is 1330. The molecule has 37 heavy (non-hydrogen) atoms. The van der Waals surface area contributed by atoms with E-state index in [0.717, 1.165) is 29.7 Å². The Morgan fingerprint density at radius 1 is 1.19 bits per heavy atom. The molecule has 8 nitrogen and oxygen atoms in total. The predicted molar refractivity (Wildman–Crippen MR) is 135 cm³/mol. The molecule has 2 aromatic heterocycles. The fourth-order valence-corrected chi connectivity index (χ4v) is 5.06. The monoisotopic (exact) mass is 500 g/mol. The summed E-state index contributed by atoms with van der Waals surface area (Å²) >= 11 is 0. The number of nitrogens with zero attached hydrogens (tertiary/aromatic N) is 5. The van der Waals surface area contributed by atoms with E-state index < -0.39 is 17.6 Å². The van der Waals surface area contributed by atoms with Gasteiger partial charge in [-0.05, 0) is 30.9 Å². The number of ketones is 1. The van der Waals surface area contributed by atoms with Gasteiger partial charge in [0, 0.05) is 43.5 Å². The summed E-state index contributed by atoms with van der Waals surface area (Å²) < 4.78 is 17.3. The van der Waals surface area contributed by atoms with Crippen LogP contribution in [0.3, 0.4) is 0 Å². The van der Waals surface area contributed by atoms with Gasteiger partial charge in [0.05, 0.1) is 35.9 Å². The molecule has 0 spiro atoms. The van der Waals surface area contributed by atoms with E-state index >= 15 is 4.39 Å². The molecule has 1 saturated carbocycles. The van der Waals surface area contributed by atoms with Gasteiger partial charge in [0.25, 0.3) is 5.91 Å². The maximum absolute atomic E-state index is 15.9. The zero-order valence-electron chi connectivity index (χ0n) is 20.5. The molecule has 9 heteroatoms. The second-order valence-corrected chi connectivity index (χ2v) is 10.0. The van der Waals surface area contributed by atoms with Gasteiger partial charge in [0.1, 0.15) is 17.5 Å². The number of nitrogens with two attached hydrogens (primary N) is 1. The van der Waals surface area contributed by atoms with Crippen molar-refractivity contribution in [3.63, 3.8) is 0 Å². The first-order valence-electron chi connectivity index (χ1n) is 12.5. The molecule has 2 N–H and O–H groups in total. The molecule has 190 valence electrons. The summed E-state index contributed by atoms with van der Waals surface area (Å²) in [5.41, 5.74) is 7.58. The predicted octanol–water partition coefficient (Wildman–Crippen LogP) is 3.42. The number of hydrogen-bond acceptors (Lipinski definition) is 6. The van der Waals surface area contributed by atoms with E-state index in [-0.39, 0.29) is 42.3 Å². The van der Waals surface area contributed by atoms with E-state index in [1.54, 1.807) is 0 Å². The Kier molecular flexibility index (Phi) is 6.85. The lowest BCUT2D eigenvalue weighted by Gasteiger charge is -2.43. The number of benzene rings is 1. The Labute approximate surface area is 214 Å². The first-order chi connectivity index (χ1) is 17.9. The fourth-order valence-electron chi connectivity index (χ4n) is 5.06. The highest BCUT2D eigenvalue weighted by Crippen LogP contribution is 2.37. The highest BCUT2D eigenvalue weighted by molar-refractivity contribution is 5.95. The van der Waals surface area contributed by atoms with Gasteiger partial charge in [-0.3, -0.25) is 24.2 Å². The van der Waals surface area contributed by atoms with Crippen LogP contribution in [0.15, 0.2) is 54.9 Å². The molecule has 0 radical (unpaired) electrons. The van der Waals surface area contributed by atoms with Gasteiger partial charge in [-0.25, -0.2) is 4.39 Å². The lowest BCUT2D eigenvalue weighted by Crippen LogP contribution is -2.54. The standard InChI is InChI=1S/C28H29FN6O2/c29-26-18-34(16-19-6-9-23(32-15-19)20-4-2-1-3-5-20)13-11-28(26,10-12-30)35-17-22(27(31)37)24(33-35)14-25(36)21-7-8-21/h1-6,9,15,17,21,26H,7-8,10-11,13-14,16,18H2,(H2,31,37). The van der Waals surface area contributed by atoms with Crippen molar-refractivity contribution in [1.29, 1.82) is 5.26 Å². The second-order valence-electron chi connectivity index (χ2n) is 10.0. The number of carbonyl (C=O) groups excluding carboxylic acids is 2. The van der Waals surface area contributed by atoms with E-state index in [1.807, 2.05) is 53.6 Å². The van der Waals surface area contributed by atoms with Crippen LogP contribution < -0.4 is 5.73 Å². The Morgan fingerprint density at radius 3 is 2.59 bits per heavy atom. The van der Waals surface area contributed by atoms with Crippen molar-refractivity contribution in [2.75, 3.05) is 13.1 Å². The van der Waals surface area contributed by atoms with Crippen LogP contribution in [-0.4, -0.2) is 50.6 Å². The molecule has 1 saturated heterocycles. The topological polar surface area (TPSA) is 118 Å². The molecular formula is C28H29FN6O2. The Morgan fingerprint density at radius 2 is 1.97 bits per heavy atom. The van der Waals surface area contributed by atoms with E-state index in [2.05, 4.69) is 16.2 Å². The van der Waals surface area contributed by atoms with E-state index in [4.69, 9.17) is 5.73 Å². The number of halogens is 1. The first kappa shape index (κ1) is 24.8. The lowest BCUT2D eigenvalue weighted by atomic mass is 9.83. The number of hydrogen-bond donors (Lipinski definition) is 1. The van der Waals surface area contributed by atoms with E-state index in [9.17, 15) is 14.9 Å². The van der Waals surface area contributed by atoms with Crippen LogP contribution in [0, 0.1) is 17.2 Å². The molecule has 5 rings (SSSR count). The van der Waals surface area contributed by atoms with E-state index in [0.29, 0.717) is 19.5 Å². The number of carbonyl (C=O) groups is 2. The third-order valence-electron chi connectivity index (χ3n) is 7.43. The SMILES string of the molecule is N#CCC1(n2cc(C(N)=O)c(CC(=O)C3CC3)n2)CCN(Cc2ccc(-c3ccccc3)nc2)CC1F. The maximum Gasteiger partial charge on any atom is 0.252 e. The van der Waals surface area contributed by atoms with Gasteiger partial charge >= 0.3 is 0 Å². The fraction of sp³-hybridized carbons (Fsp3) is 0.393. The van der Waals surface area contributed by atoms with Gasteiger partial charge in [-0.15, -0.1) is 0 Å². The molecule has 2 fully saturated rings. The number of amides is 1. The van der Waals surface area contributed by atoms with Gasteiger partial charge in [-0.1, -0.05) is 36.4 Å². The largest absolute Gasteiger partial charge is 0.365 e. The number of primary amides is 1. The number of likely N-dealkylation sites (tertiary alicyclic amines) is 1. The molecule has 3 aromatic rings. The van der Waals surface area contributed by atoms with Gasteiger partial charge in [-0.2, -0.15) is 10.4 Å². The van der Waals surface area contributed by atoms with Crippen molar-refractivity contribution < 1.29 is 14.0 Å². The van der Waals surface area contributed by atoms with Crippen molar-refractivity contribution in [1.82, 2.24) is 19.7 Å². The van der Waals surface area contributed by atoms with Crippen molar-refractivity contribution in [3.05, 3.63) is 71.7 Å². The summed E-state index contributed by atoms with van der Waals surface area (Å²) in [7, 11) is 0. The first-order valence-corrected chi connectivity index (χ1v) is 12.5. The molecule has 1 aliphatic carbocycles. The van der Waals surface area contributed by atoms with Gasteiger partial charge < -0.3 is 5.73 Å². The molecule has 1 aliphatic heterocycles. The van der Waals surface area contributed by atoms with E-state index in [1.165, 1.54) is 10.9 Å². The molecule has 2 aliphatic rings. The lowest BCUT2D eigenvalue weighted by molar-refractivity contribution is -0.119. The van der Waals surface area contributed by atoms with Crippen LogP contribution in [0.1, 0.15) is 47.3 Å². The van der Waals surface area contributed by atoms with Crippen molar-refractivity contribution in [3.8, 4) is 17.3 Å². The average Bonchev–Trinajstić information content (AvgIpc) is 3.67. The molecule has 2 atom stereocenters. The Hall–Kier alpha value is -3.90. The zero-order valence-corrected chi connectivity index (χ0v) is 20.5. The molecule has 2 unspecified atom stereocenters. The van der Waals surface area contributed by atoms with Crippen LogP contribution >= 0.6 is 0 Å². The highest BCUT2D eigenvalue weighted by Gasteiger charge is 2.46. The van der Waals surface area contributed by atoms with Gasteiger partial charge in [0.2, 0.25) is 0 Å². The summed E-state index contributed by atoms with van der Waals surface area (Å²) in [4.78, 5) is 31.0. The molecule has 1 aromatic carbocycles. The van der Waals surface area contributed by atoms with Crippen LogP contribution in [0.4, 0.5) is 4.39 Å². The Balaban J connectivity index is 1.32. The summed E-state index contributed by atoms with van der Waals surface area (Å²) in [6.07, 6.45) is 3.72. The number of Topliss-reactive ketones (excluding diaryl/α,β-unsaturated/α-hetero) is 1. The smallest absolute Gasteiger partial charge is 0.252 e. The molecule has 0 bridgehead atoms. The number of alkyl halides is 1. The number of nitriles is 1. The summed E-state index contributed by atoms with van der Waals surface area (Å²) in [6, 6.07) is 16.0. The highest BCUT2D eigenvalue weighted by atomic mass is 19.1. The van der Waals surface area contributed by atoms with Crippen LogP contribution in [0.25, 0.3) is 11.3 Å². The molecule has 1 amide bonds. The van der Waals surface area contributed by atoms with Crippen molar-refractivity contribution in [2.24, 2.45) is 11.7 Å². The third-order valence-corrected chi connectivity index (χ3v) is 7.43. The quantitative estimate of drug-likeness (QED) is 0.481. The van der Waals surface area contributed by atoms with Crippen molar-refractivity contribution >= 4 is 11.7 Å². The maximum atomic E-state index is 15.9. The number of aromatic nitrogens is 3. The van der Waals surface area contributed by atoms with Crippen molar-refractivity contribution in [2.45, 2.75) is 50.4 Å². The number of piperidine rings is 1. The summed E-state index contributed by atoms with van der Waals surface area (Å²) in [6.45, 7) is 1.16. The minimum atomic E-state index is -1.41. The number of rotatable bonds is 9.